The molecule has 1 aromatic carbocycles. The van der Waals surface area contributed by atoms with Gasteiger partial charge in [-0.3, -0.25) is 0 Å². The Morgan fingerprint density at radius 1 is 1.32 bits per heavy atom. The maximum Gasteiger partial charge on any atom is 0.194 e. The summed E-state index contributed by atoms with van der Waals surface area (Å²) in [6.45, 7) is 0. The van der Waals surface area contributed by atoms with E-state index in [1.165, 1.54) is 11.3 Å². The van der Waals surface area contributed by atoms with Crippen molar-refractivity contribution in [3.05, 3.63) is 34.8 Å². The van der Waals surface area contributed by atoms with Crippen molar-refractivity contribution in [1.82, 2.24) is 25.5 Å². The highest BCUT2D eigenvalue weighted by Crippen LogP contribution is 2.34. The number of hydrogen-bond acceptors (Lipinski definition) is 9. The molecule has 0 amide bonds. The van der Waals surface area contributed by atoms with Crippen LogP contribution in [-0.2, 0) is 0 Å². The van der Waals surface area contributed by atoms with Gasteiger partial charge in [-0.05, 0) is 31.4 Å². The van der Waals surface area contributed by atoms with Crippen molar-refractivity contribution in [3.8, 4) is 34.5 Å². The molecule has 158 valence electrons. The summed E-state index contributed by atoms with van der Waals surface area (Å²) in [6.07, 6.45) is 3.20. The van der Waals surface area contributed by atoms with Crippen LogP contribution in [0.25, 0.3) is 22.6 Å². The minimum absolute atomic E-state index is 0.00864. The van der Waals surface area contributed by atoms with Crippen LogP contribution in [0.3, 0.4) is 0 Å². The highest BCUT2D eigenvalue weighted by Gasteiger charge is 2.43. The number of phenolic OH excluding ortho intramolecular Hbond substituents is 1. The van der Waals surface area contributed by atoms with Crippen molar-refractivity contribution in [2.75, 3.05) is 11.9 Å². The number of halogens is 1. The Labute approximate surface area is 182 Å². The summed E-state index contributed by atoms with van der Waals surface area (Å²) >= 11 is 1.25. The van der Waals surface area contributed by atoms with Gasteiger partial charge in [-0.1, -0.05) is 6.07 Å². The Bertz CT molecular complexity index is 1150. The second-order valence-corrected chi connectivity index (χ2v) is 8.79. The van der Waals surface area contributed by atoms with E-state index in [0.717, 1.165) is 19.3 Å². The summed E-state index contributed by atoms with van der Waals surface area (Å²) < 4.78 is 14.8. The normalized spacial score (nSPS) is 24.7. The Balaban J connectivity index is 1.35. The summed E-state index contributed by atoms with van der Waals surface area (Å²) in [5.74, 6) is 0.769. The smallest absolute Gasteiger partial charge is 0.194 e. The molecule has 2 bridgehead atoms. The van der Waals surface area contributed by atoms with E-state index < -0.39 is 6.17 Å². The van der Waals surface area contributed by atoms with Crippen LogP contribution in [0.2, 0.25) is 0 Å². The molecule has 10 heteroatoms. The fraction of sp³-hybridized carbons (Fsp3) is 0.381. The lowest BCUT2D eigenvalue weighted by Gasteiger charge is -2.38. The number of phenols is 1. The Morgan fingerprint density at radius 3 is 2.90 bits per heavy atom. The van der Waals surface area contributed by atoms with Crippen LogP contribution in [-0.4, -0.2) is 56.6 Å². The van der Waals surface area contributed by atoms with E-state index in [4.69, 9.17) is 5.26 Å². The molecule has 2 N–H and O–H groups in total. The number of nitriles is 1. The van der Waals surface area contributed by atoms with Gasteiger partial charge in [-0.2, -0.15) is 5.26 Å². The summed E-state index contributed by atoms with van der Waals surface area (Å²) in [7, 11) is 1.82. The van der Waals surface area contributed by atoms with Crippen LogP contribution in [0.4, 0.5) is 10.2 Å². The second kappa shape index (κ2) is 7.83. The van der Waals surface area contributed by atoms with Gasteiger partial charge in [0.25, 0.3) is 0 Å². The number of aromatic hydroxyl groups is 1. The maximum atomic E-state index is 14.8. The zero-order valence-corrected chi connectivity index (χ0v) is 17.6. The van der Waals surface area contributed by atoms with Crippen LogP contribution in [0.5, 0.6) is 5.75 Å². The number of anilines is 1. The third kappa shape index (κ3) is 3.60. The molecule has 5 rings (SSSR count). The summed E-state index contributed by atoms with van der Waals surface area (Å²) in [6, 6.07) is 7.04. The van der Waals surface area contributed by atoms with Crippen LogP contribution in [0, 0.1) is 11.3 Å². The minimum Gasteiger partial charge on any atom is -0.507 e. The van der Waals surface area contributed by atoms with Gasteiger partial charge in [0.05, 0.1) is 23.5 Å². The first-order chi connectivity index (χ1) is 15.0. The van der Waals surface area contributed by atoms with Gasteiger partial charge in [-0.15, -0.1) is 21.5 Å². The summed E-state index contributed by atoms with van der Waals surface area (Å²) in [4.78, 5) is 10.4. The summed E-state index contributed by atoms with van der Waals surface area (Å²) in [5, 5.41) is 33.3. The number of nitrogens with one attached hydrogen (secondary N) is 1. The van der Waals surface area contributed by atoms with E-state index in [0.29, 0.717) is 33.7 Å². The zero-order valence-electron chi connectivity index (χ0n) is 16.7. The lowest BCUT2D eigenvalue weighted by Crippen LogP contribution is -2.55. The van der Waals surface area contributed by atoms with E-state index in [1.54, 1.807) is 29.8 Å². The maximum absolute atomic E-state index is 14.8. The fourth-order valence-corrected chi connectivity index (χ4v) is 5.03. The number of rotatable bonds is 4. The van der Waals surface area contributed by atoms with Crippen LogP contribution < -0.4 is 10.2 Å². The molecule has 2 fully saturated rings. The van der Waals surface area contributed by atoms with Gasteiger partial charge in [0, 0.05) is 30.1 Å². The van der Waals surface area contributed by atoms with Crippen molar-refractivity contribution in [2.24, 2.45) is 0 Å². The predicted molar refractivity (Wildman–Crippen MR) is 114 cm³/mol. The molecular weight excluding hydrogens is 417 g/mol. The number of thiazole rings is 1. The number of aromatic nitrogens is 4. The minimum atomic E-state index is -0.964. The predicted octanol–water partition coefficient (Wildman–Crippen LogP) is 2.91. The van der Waals surface area contributed by atoms with Crippen LogP contribution in [0.15, 0.2) is 29.8 Å². The molecule has 2 aromatic heterocycles. The third-order valence-electron chi connectivity index (χ3n) is 6.10. The van der Waals surface area contributed by atoms with Gasteiger partial charge >= 0.3 is 0 Å². The van der Waals surface area contributed by atoms with Crippen molar-refractivity contribution < 1.29 is 9.50 Å². The number of fused-ring (bicyclic) bond motifs is 2. The first kappa shape index (κ1) is 19.8. The largest absolute Gasteiger partial charge is 0.507 e. The van der Waals surface area contributed by atoms with E-state index >= 15 is 0 Å². The molecule has 2 aliphatic rings. The molecule has 31 heavy (non-hydrogen) atoms. The first-order valence-electron chi connectivity index (χ1n) is 10.1. The van der Waals surface area contributed by atoms with E-state index in [-0.39, 0.29) is 23.7 Å². The van der Waals surface area contributed by atoms with Crippen molar-refractivity contribution >= 4 is 17.2 Å². The Morgan fingerprint density at radius 2 is 2.19 bits per heavy atom. The molecule has 0 spiro atoms. The lowest BCUT2D eigenvalue weighted by atomic mass is 9.96. The average molecular weight is 438 g/mol. The van der Waals surface area contributed by atoms with Crippen molar-refractivity contribution in [3.63, 3.8) is 0 Å². The number of hydrogen-bond donors (Lipinski definition) is 2. The summed E-state index contributed by atoms with van der Waals surface area (Å²) in [5.41, 5.74) is 1.75. The third-order valence-corrected chi connectivity index (χ3v) is 6.84. The Kier molecular flexibility index (Phi) is 5.00. The quantitative estimate of drug-likeness (QED) is 0.641. The number of benzene rings is 1. The monoisotopic (exact) mass is 437 g/mol. The molecule has 2 saturated heterocycles. The molecule has 4 atom stereocenters. The Hall–Kier alpha value is -3.16. The van der Waals surface area contributed by atoms with E-state index in [2.05, 4.69) is 25.5 Å². The van der Waals surface area contributed by atoms with E-state index in [9.17, 15) is 9.50 Å². The zero-order chi connectivity index (χ0) is 21.5. The van der Waals surface area contributed by atoms with Crippen molar-refractivity contribution in [2.45, 2.75) is 43.6 Å². The molecule has 2 aliphatic heterocycles. The highest BCUT2D eigenvalue weighted by atomic mass is 32.1. The number of alkyl halides is 1. The van der Waals surface area contributed by atoms with Gasteiger partial charge in [0.15, 0.2) is 16.6 Å². The molecule has 3 aromatic rings. The van der Waals surface area contributed by atoms with Gasteiger partial charge in [-0.25, -0.2) is 14.4 Å². The highest BCUT2D eigenvalue weighted by molar-refractivity contribution is 7.10. The average Bonchev–Trinajstić information content (AvgIpc) is 3.43. The standard InChI is InChI=1S/C21H20FN7OS/c1-29(16-7-12-3-5-14(25-12)20(16)22)18-9-24-21(28-27-18)13-4-2-11(6-17(13)30)15-10-31-19(8-23)26-15/h2,4,6,9-10,12,14,16,20,25,30H,3,5,7H2,1H3/t12-,14+,16+,20-/m0/s1. The number of piperidine rings is 1. The molecule has 0 unspecified atom stereocenters. The van der Waals surface area contributed by atoms with Gasteiger partial charge in [0.1, 0.15) is 18.0 Å². The lowest BCUT2D eigenvalue weighted by molar-refractivity contribution is 0.176. The second-order valence-electron chi connectivity index (χ2n) is 7.93. The fourth-order valence-electron chi connectivity index (χ4n) is 4.41. The molecule has 0 saturated carbocycles. The molecular formula is C21H20FN7OS. The van der Waals surface area contributed by atoms with Crippen LogP contribution >= 0.6 is 11.3 Å². The van der Waals surface area contributed by atoms with Gasteiger partial charge in [0.2, 0.25) is 0 Å². The molecule has 0 aliphatic carbocycles. The van der Waals surface area contributed by atoms with E-state index in [1.807, 2.05) is 18.0 Å². The topological polar surface area (TPSA) is 111 Å². The van der Waals surface area contributed by atoms with Crippen LogP contribution in [0.1, 0.15) is 24.3 Å². The number of nitrogens with zero attached hydrogens (tertiary/aromatic N) is 6. The van der Waals surface area contributed by atoms with Crippen molar-refractivity contribution in [1.29, 1.82) is 5.26 Å². The first-order valence-corrected chi connectivity index (χ1v) is 10.9. The molecule has 0 radical (unpaired) electrons. The molecule has 4 heterocycles. The SMILES string of the molecule is CN(c1cnc(-c2ccc(-c3csc(C#N)n3)cc2O)nn1)[C@@H]1C[C@@H]2CC[C@@H](N2)[C@@H]1F. The van der Waals surface area contributed by atoms with Gasteiger partial charge < -0.3 is 15.3 Å². The molecule has 8 nitrogen and oxygen atoms in total.